The molecular weight excluding hydrogens is 424 g/mol. The van der Waals surface area contributed by atoms with Crippen LogP contribution < -0.4 is 0 Å². The van der Waals surface area contributed by atoms with Crippen molar-refractivity contribution in [1.82, 2.24) is 0 Å². The van der Waals surface area contributed by atoms with Crippen LogP contribution in [0.1, 0.15) is 22.3 Å². The number of carboxylic acid groups (broad SMARTS) is 1. The van der Waals surface area contributed by atoms with Crippen LogP contribution in [0.25, 0.3) is 10.8 Å². The standard InChI is InChI=1S/C21H16F4O4S/c1-30(28,29)19-5-2-12(9-18(19)21(23,24)25)6-15-8-13(10-20(26)27)7-14-3-4-16(22)11-17(14)15/h2-5,7-9,11H,6,10H2,1H3,(H,26,27). The van der Waals surface area contributed by atoms with Crippen LogP contribution >= 0.6 is 0 Å². The lowest BCUT2D eigenvalue weighted by atomic mass is 9.94. The highest BCUT2D eigenvalue weighted by molar-refractivity contribution is 7.90. The van der Waals surface area contributed by atoms with Crippen LogP contribution in [0.15, 0.2) is 53.4 Å². The second kappa shape index (κ2) is 7.71. The number of carbonyl (C=O) groups is 1. The van der Waals surface area contributed by atoms with Gasteiger partial charge in [0.1, 0.15) is 5.82 Å². The zero-order chi connectivity index (χ0) is 22.3. The summed E-state index contributed by atoms with van der Waals surface area (Å²) >= 11 is 0. The Hall–Kier alpha value is -2.94. The van der Waals surface area contributed by atoms with Gasteiger partial charge in [-0.2, -0.15) is 13.2 Å². The fraction of sp³-hybridized carbons (Fsp3) is 0.190. The Balaban J connectivity index is 2.16. The average molecular weight is 440 g/mol. The van der Waals surface area contributed by atoms with Crippen molar-refractivity contribution in [3.63, 3.8) is 0 Å². The van der Waals surface area contributed by atoms with Crippen LogP contribution in [0.2, 0.25) is 0 Å². The maximum atomic E-state index is 13.8. The van der Waals surface area contributed by atoms with Gasteiger partial charge in [-0.05, 0) is 58.1 Å². The normalized spacial score (nSPS) is 12.3. The van der Waals surface area contributed by atoms with E-state index in [2.05, 4.69) is 0 Å². The van der Waals surface area contributed by atoms with Crippen LogP contribution in [0.3, 0.4) is 0 Å². The molecule has 1 N–H and O–H groups in total. The fourth-order valence-corrected chi connectivity index (χ4v) is 4.24. The topological polar surface area (TPSA) is 71.4 Å². The van der Waals surface area contributed by atoms with Gasteiger partial charge >= 0.3 is 12.1 Å². The van der Waals surface area contributed by atoms with Crippen molar-refractivity contribution in [2.75, 3.05) is 6.26 Å². The summed E-state index contributed by atoms with van der Waals surface area (Å²) in [5.74, 6) is -1.63. The second-order valence-electron chi connectivity index (χ2n) is 6.97. The summed E-state index contributed by atoms with van der Waals surface area (Å²) in [5.41, 5.74) is -0.267. The van der Waals surface area contributed by atoms with E-state index in [1.807, 2.05) is 0 Å². The van der Waals surface area contributed by atoms with Crippen LogP contribution in [-0.2, 0) is 33.6 Å². The third-order valence-electron chi connectivity index (χ3n) is 4.56. The number of rotatable bonds is 5. The molecule has 3 rings (SSSR count). The number of benzene rings is 3. The predicted octanol–water partition coefficient (Wildman–Crippen LogP) is 4.62. The lowest BCUT2D eigenvalue weighted by molar-refractivity contribution is -0.140. The molecule has 0 saturated heterocycles. The molecule has 0 aromatic heterocycles. The molecule has 3 aromatic carbocycles. The molecule has 0 aliphatic rings. The molecule has 0 bridgehead atoms. The van der Waals surface area contributed by atoms with Gasteiger partial charge in [0.2, 0.25) is 0 Å². The van der Waals surface area contributed by atoms with Gasteiger partial charge in [-0.1, -0.05) is 24.3 Å². The van der Waals surface area contributed by atoms with Gasteiger partial charge in [-0.15, -0.1) is 0 Å². The fourth-order valence-electron chi connectivity index (χ4n) is 3.35. The Bertz CT molecular complexity index is 1250. The molecule has 9 heteroatoms. The van der Waals surface area contributed by atoms with Gasteiger partial charge in [0, 0.05) is 6.26 Å². The first-order valence-electron chi connectivity index (χ1n) is 8.67. The van der Waals surface area contributed by atoms with Gasteiger partial charge in [0.05, 0.1) is 16.9 Å². The van der Waals surface area contributed by atoms with Crippen molar-refractivity contribution in [3.8, 4) is 0 Å². The molecule has 30 heavy (non-hydrogen) atoms. The summed E-state index contributed by atoms with van der Waals surface area (Å²) in [5, 5.41) is 10.0. The Labute approximate surface area is 169 Å². The van der Waals surface area contributed by atoms with Crippen molar-refractivity contribution in [1.29, 1.82) is 0 Å². The van der Waals surface area contributed by atoms with Gasteiger partial charge in [-0.25, -0.2) is 12.8 Å². The van der Waals surface area contributed by atoms with E-state index in [1.165, 1.54) is 30.3 Å². The molecule has 0 amide bonds. The number of sulfone groups is 1. The minimum atomic E-state index is -4.88. The average Bonchev–Trinajstić information content (AvgIpc) is 2.60. The quantitative estimate of drug-likeness (QED) is 0.588. The van der Waals surface area contributed by atoms with Gasteiger partial charge in [-0.3, -0.25) is 4.79 Å². The van der Waals surface area contributed by atoms with Crippen molar-refractivity contribution >= 4 is 26.6 Å². The SMILES string of the molecule is CS(=O)(=O)c1ccc(Cc2cc(CC(=O)O)cc3ccc(F)cc23)cc1C(F)(F)F. The van der Waals surface area contributed by atoms with E-state index in [4.69, 9.17) is 5.11 Å². The molecule has 4 nitrogen and oxygen atoms in total. The molecule has 0 unspecified atom stereocenters. The summed E-state index contributed by atoms with van der Waals surface area (Å²) in [7, 11) is -4.10. The van der Waals surface area contributed by atoms with Gasteiger partial charge in [0.15, 0.2) is 9.84 Å². The molecule has 0 radical (unpaired) electrons. The minimum absolute atomic E-state index is 0.0689. The Morgan fingerprint density at radius 1 is 1.00 bits per heavy atom. The van der Waals surface area contributed by atoms with E-state index in [9.17, 15) is 30.8 Å². The smallest absolute Gasteiger partial charge is 0.417 e. The lowest BCUT2D eigenvalue weighted by Gasteiger charge is -2.15. The minimum Gasteiger partial charge on any atom is -0.481 e. The van der Waals surface area contributed by atoms with E-state index >= 15 is 0 Å². The maximum absolute atomic E-state index is 13.8. The molecule has 0 saturated carbocycles. The monoisotopic (exact) mass is 440 g/mol. The van der Waals surface area contributed by atoms with E-state index in [0.717, 1.165) is 12.1 Å². The van der Waals surface area contributed by atoms with Crippen LogP contribution in [-0.4, -0.2) is 25.7 Å². The number of fused-ring (bicyclic) bond motifs is 1. The zero-order valence-electron chi connectivity index (χ0n) is 15.6. The number of hydrogen-bond acceptors (Lipinski definition) is 3. The highest BCUT2D eigenvalue weighted by Crippen LogP contribution is 2.35. The molecule has 0 fully saturated rings. The van der Waals surface area contributed by atoms with Crippen LogP contribution in [0, 0.1) is 5.82 Å². The van der Waals surface area contributed by atoms with E-state index in [1.54, 1.807) is 6.07 Å². The molecular formula is C21H16F4O4S. The lowest BCUT2D eigenvalue weighted by Crippen LogP contribution is -2.13. The number of aliphatic carboxylic acids is 1. The van der Waals surface area contributed by atoms with Crippen LogP contribution in [0.5, 0.6) is 0 Å². The van der Waals surface area contributed by atoms with Crippen molar-refractivity contribution in [2.24, 2.45) is 0 Å². The Kier molecular flexibility index (Phi) is 5.60. The van der Waals surface area contributed by atoms with Gasteiger partial charge < -0.3 is 5.11 Å². The summed E-state index contributed by atoms with van der Waals surface area (Å²) in [6.45, 7) is 0. The zero-order valence-corrected chi connectivity index (χ0v) is 16.4. The third kappa shape index (κ3) is 4.79. The molecule has 0 heterocycles. The molecule has 158 valence electrons. The molecule has 0 atom stereocenters. The number of halogens is 4. The Morgan fingerprint density at radius 2 is 1.70 bits per heavy atom. The van der Waals surface area contributed by atoms with Crippen molar-refractivity contribution in [2.45, 2.75) is 23.9 Å². The van der Waals surface area contributed by atoms with Crippen molar-refractivity contribution < 1.29 is 35.9 Å². The number of alkyl halides is 3. The highest BCUT2D eigenvalue weighted by atomic mass is 32.2. The summed E-state index contributed by atoms with van der Waals surface area (Å²) in [4.78, 5) is 10.2. The third-order valence-corrected chi connectivity index (χ3v) is 5.72. The molecule has 0 aliphatic heterocycles. The van der Waals surface area contributed by atoms with E-state index in [-0.39, 0.29) is 18.4 Å². The highest BCUT2D eigenvalue weighted by Gasteiger charge is 2.36. The van der Waals surface area contributed by atoms with Crippen molar-refractivity contribution in [3.05, 3.63) is 76.6 Å². The Morgan fingerprint density at radius 3 is 2.30 bits per heavy atom. The summed E-state index contributed by atoms with van der Waals surface area (Å²) in [6.07, 6.45) is -4.56. The van der Waals surface area contributed by atoms with E-state index < -0.39 is 38.3 Å². The largest absolute Gasteiger partial charge is 0.481 e. The summed E-state index contributed by atoms with van der Waals surface area (Å²) in [6, 6.07) is 9.91. The van der Waals surface area contributed by atoms with Crippen LogP contribution in [0.4, 0.5) is 17.6 Å². The molecule has 3 aromatic rings. The molecule has 0 spiro atoms. The summed E-state index contributed by atoms with van der Waals surface area (Å²) < 4.78 is 77.5. The first-order chi connectivity index (χ1) is 13.8. The number of hydrogen-bond donors (Lipinski definition) is 1. The maximum Gasteiger partial charge on any atom is 0.417 e. The first-order valence-corrected chi connectivity index (χ1v) is 10.6. The number of carboxylic acids is 1. The van der Waals surface area contributed by atoms with E-state index in [0.29, 0.717) is 28.2 Å². The predicted molar refractivity (Wildman–Crippen MR) is 103 cm³/mol. The van der Waals surface area contributed by atoms with Gasteiger partial charge in [0.25, 0.3) is 0 Å². The first kappa shape index (κ1) is 21.8. The molecule has 0 aliphatic carbocycles. The second-order valence-corrected chi connectivity index (χ2v) is 8.95.